The largest absolute Gasteiger partial charge is 0.508 e. The van der Waals surface area contributed by atoms with E-state index >= 15 is 0 Å². The molecule has 0 bridgehead atoms. The lowest BCUT2D eigenvalue weighted by molar-refractivity contribution is -0.123. The molecular formula is C25H27N5O6S. The monoisotopic (exact) mass is 525 g/mol. The van der Waals surface area contributed by atoms with Crippen LogP contribution in [0.2, 0.25) is 0 Å². The van der Waals surface area contributed by atoms with Gasteiger partial charge in [-0.15, -0.1) is 0 Å². The van der Waals surface area contributed by atoms with Gasteiger partial charge in [-0.2, -0.15) is 4.37 Å². The molecule has 12 heteroatoms. The van der Waals surface area contributed by atoms with E-state index in [1.807, 2.05) is 0 Å². The Morgan fingerprint density at radius 2 is 1.92 bits per heavy atom. The van der Waals surface area contributed by atoms with Crippen molar-refractivity contribution in [3.05, 3.63) is 64.7 Å². The highest BCUT2D eigenvalue weighted by atomic mass is 32.1. The summed E-state index contributed by atoms with van der Waals surface area (Å²) < 4.78 is 14.8. The number of carbonyl (C=O) groups is 3. The average Bonchev–Trinajstić information content (AvgIpc) is 3.56. The van der Waals surface area contributed by atoms with E-state index in [0.717, 1.165) is 24.4 Å². The van der Waals surface area contributed by atoms with E-state index in [0.29, 0.717) is 23.6 Å². The zero-order chi connectivity index (χ0) is 26.5. The third-order valence-electron chi connectivity index (χ3n) is 5.97. The first-order valence-electron chi connectivity index (χ1n) is 11.5. The number of primary amides is 1. The number of carbonyl (C=O) groups excluding carboxylic acids is 3. The summed E-state index contributed by atoms with van der Waals surface area (Å²) in [7, 11) is 1.51. The van der Waals surface area contributed by atoms with Crippen molar-refractivity contribution in [2.75, 3.05) is 30.9 Å². The van der Waals surface area contributed by atoms with E-state index in [4.69, 9.17) is 20.9 Å². The quantitative estimate of drug-likeness (QED) is 0.329. The van der Waals surface area contributed by atoms with Crippen LogP contribution in [0.4, 0.5) is 11.4 Å². The van der Waals surface area contributed by atoms with Crippen LogP contribution in [-0.4, -0.2) is 53.6 Å². The molecule has 2 heterocycles. The number of aromatic nitrogens is 1. The number of nitrogens with two attached hydrogens (primary N) is 2. The molecular weight excluding hydrogens is 498 g/mol. The molecule has 37 heavy (non-hydrogen) atoms. The van der Waals surface area contributed by atoms with Crippen molar-refractivity contribution >= 4 is 40.6 Å². The number of aromatic hydroxyl groups is 1. The van der Waals surface area contributed by atoms with Crippen molar-refractivity contribution in [3.63, 3.8) is 0 Å². The number of nitrogen functional groups attached to an aromatic ring is 1. The Morgan fingerprint density at radius 1 is 1.22 bits per heavy atom. The number of phenolic OH excluding ortho intramolecular Hbond substituents is 1. The van der Waals surface area contributed by atoms with Gasteiger partial charge in [0.1, 0.15) is 22.4 Å². The van der Waals surface area contributed by atoms with E-state index in [1.165, 1.54) is 24.1 Å². The molecule has 0 spiro atoms. The van der Waals surface area contributed by atoms with Gasteiger partial charge in [-0.3, -0.25) is 19.3 Å². The minimum absolute atomic E-state index is 0.00221. The first-order valence-corrected chi connectivity index (χ1v) is 12.3. The minimum Gasteiger partial charge on any atom is -0.508 e. The molecule has 6 N–H and O–H groups in total. The molecule has 1 saturated heterocycles. The number of hydrogen-bond donors (Lipinski definition) is 4. The predicted octanol–water partition coefficient (Wildman–Crippen LogP) is 2.22. The lowest BCUT2D eigenvalue weighted by Crippen LogP contribution is -2.45. The molecule has 4 rings (SSSR count). The molecule has 1 fully saturated rings. The number of anilines is 2. The molecule has 11 nitrogen and oxygen atoms in total. The molecule has 0 aliphatic carbocycles. The van der Waals surface area contributed by atoms with Gasteiger partial charge in [0.2, 0.25) is 5.91 Å². The Labute approximate surface area is 217 Å². The fourth-order valence-corrected chi connectivity index (χ4v) is 4.80. The van der Waals surface area contributed by atoms with Gasteiger partial charge in [-0.1, -0.05) is 12.1 Å². The maximum Gasteiger partial charge on any atom is 0.273 e. The van der Waals surface area contributed by atoms with Crippen LogP contribution in [-0.2, 0) is 9.53 Å². The predicted molar refractivity (Wildman–Crippen MR) is 138 cm³/mol. The number of nitrogens with one attached hydrogen (secondary N) is 1. The SMILES string of the molecule is COc1ccc(N(C(=O)c2snc(C(N)=O)c2N)[C@H](C(=O)NC[C@@H]2CCCO2)c2ccc(O)cc2)cc1. The van der Waals surface area contributed by atoms with Crippen molar-refractivity contribution in [2.24, 2.45) is 5.73 Å². The fourth-order valence-electron chi connectivity index (χ4n) is 4.06. The van der Waals surface area contributed by atoms with Crippen LogP contribution in [0.1, 0.15) is 44.6 Å². The molecule has 0 saturated carbocycles. The number of nitrogens with zero attached hydrogens (tertiary/aromatic N) is 2. The van der Waals surface area contributed by atoms with Crippen LogP contribution in [0.3, 0.4) is 0 Å². The molecule has 2 atom stereocenters. The summed E-state index contributed by atoms with van der Waals surface area (Å²) in [5.74, 6) is -1.44. The zero-order valence-corrected chi connectivity index (χ0v) is 20.9. The van der Waals surface area contributed by atoms with Crippen molar-refractivity contribution in [2.45, 2.75) is 25.0 Å². The highest BCUT2D eigenvalue weighted by molar-refractivity contribution is 7.09. The van der Waals surface area contributed by atoms with Gasteiger partial charge in [0.05, 0.1) is 18.9 Å². The molecule has 2 aromatic carbocycles. The lowest BCUT2D eigenvalue weighted by Gasteiger charge is -2.31. The van der Waals surface area contributed by atoms with Crippen LogP contribution >= 0.6 is 11.5 Å². The van der Waals surface area contributed by atoms with Gasteiger partial charge in [-0.05, 0) is 66.3 Å². The molecule has 194 valence electrons. The zero-order valence-electron chi connectivity index (χ0n) is 20.0. The number of amides is 3. The molecule has 3 aromatic rings. The minimum atomic E-state index is -1.17. The van der Waals surface area contributed by atoms with Crippen LogP contribution in [0, 0.1) is 0 Å². The molecule has 3 amide bonds. The molecule has 1 aromatic heterocycles. The summed E-state index contributed by atoms with van der Waals surface area (Å²) in [5.41, 5.74) is 11.8. The second-order valence-corrected chi connectivity index (χ2v) is 9.16. The van der Waals surface area contributed by atoms with E-state index in [9.17, 15) is 19.5 Å². The second kappa shape index (κ2) is 11.3. The smallest absolute Gasteiger partial charge is 0.273 e. The Kier molecular flexibility index (Phi) is 7.89. The molecule has 1 aliphatic rings. The van der Waals surface area contributed by atoms with Crippen LogP contribution < -0.4 is 26.4 Å². The van der Waals surface area contributed by atoms with Gasteiger partial charge in [0.25, 0.3) is 11.8 Å². The normalized spacial score (nSPS) is 15.6. The first kappa shape index (κ1) is 25.9. The van der Waals surface area contributed by atoms with E-state index in [2.05, 4.69) is 9.69 Å². The summed E-state index contributed by atoms with van der Waals surface area (Å²) in [6.07, 6.45) is 1.61. The maximum atomic E-state index is 14.0. The van der Waals surface area contributed by atoms with Crippen LogP contribution in [0.15, 0.2) is 48.5 Å². The van der Waals surface area contributed by atoms with E-state index in [-0.39, 0.29) is 34.7 Å². The van der Waals surface area contributed by atoms with Crippen molar-refractivity contribution in [1.82, 2.24) is 9.69 Å². The van der Waals surface area contributed by atoms with E-state index < -0.39 is 23.8 Å². The van der Waals surface area contributed by atoms with Crippen molar-refractivity contribution < 1.29 is 29.0 Å². The van der Waals surface area contributed by atoms with Gasteiger partial charge >= 0.3 is 0 Å². The van der Waals surface area contributed by atoms with Gasteiger partial charge in [0, 0.05) is 18.8 Å². The number of ether oxygens (including phenoxy) is 2. The number of benzene rings is 2. The Hall–Kier alpha value is -4.16. The summed E-state index contributed by atoms with van der Waals surface area (Å²) in [4.78, 5) is 40.6. The topological polar surface area (TPSA) is 170 Å². The van der Waals surface area contributed by atoms with Gasteiger partial charge in [-0.25, -0.2) is 0 Å². The third-order valence-corrected chi connectivity index (χ3v) is 6.82. The molecule has 0 unspecified atom stereocenters. The van der Waals surface area contributed by atoms with E-state index in [1.54, 1.807) is 36.4 Å². The Bertz CT molecular complexity index is 1270. The number of phenols is 1. The summed E-state index contributed by atoms with van der Waals surface area (Å²) >= 11 is 0.720. The van der Waals surface area contributed by atoms with Gasteiger partial charge in [0.15, 0.2) is 5.69 Å². The van der Waals surface area contributed by atoms with Crippen molar-refractivity contribution in [3.8, 4) is 11.5 Å². The number of methoxy groups -OCH3 is 1. The average molecular weight is 526 g/mol. The fraction of sp³-hybridized carbons (Fsp3) is 0.280. The lowest BCUT2D eigenvalue weighted by atomic mass is 10.0. The Morgan fingerprint density at radius 3 is 2.49 bits per heavy atom. The number of hydrogen-bond acceptors (Lipinski definition) is 9. The van der Waals surface area contributed by atoms with Crippen molar-refractivity contribution in [1.29, 1.82) is 0 Å². The third kappa shape index (κ3) is 5.65. The number of rotatable bonds is 9. The van der Waals surface area contributed by atoms with Gasteiger partial charge < -0.3 is 31.4 Å². The summed E-state index contributed by atoms with van der Waals surface area (Å²) in [6, 6.07) is 11.4. The molecule has 1 aliphatic heterocycles. The molecule has 0 radical (unpaired) electrons. The van der Waals surface area contributed by atoms with Crippen LogP contribution in [0.5, 0.6) is 11.5 Å². The first-order chi connectivity index (χ1) is 17.8. The maximum absolute atomic E-state index is 14.0. The summed E-state index contributed by atoms with van der Waals surface area (Å²) in [6.45, 7) is 0.901. The highest BCUT2D eigenvalue weighted by Gasteiger charge is 2.36. The Balaban J connectivity index is 1.80. The highest BCUT2D eigenvalue weighted by Crippen LogP contribution is 2.34. The van der Waals surface area contributed by atoms with Crippen LogP contribution in [0.25, 0.3) is 0 Å². The standard InChI is InChI=1S/C25H27N5O6S/c1-35-17-10-6-15(7-11-17)30(25(34)22-19(26)20(23(27)32)29-37-22)21(14-4-8-16(31)9-5-14)24(33)28-13-18-3-2-12-36-18/h4-11,18,21,31H,2-3,12-13,26H2,1H3,(H2,27,32)(H,28,33)/t18-,21-/m0/s1. The summed E-state index contributed by atoms with van der Waals surface area (Å²) in [5, 5.41) is 12.7. The second-order valence-electron chi connectivity index (χ2n) is 8.39.